The van der Waals surface area contributed by atoms with Crippen molar-refractivity contribution in [3.8, 4) is 0 Å². The van der Waals surface area contributed by atoms with Gasteiger partial charge in [0.15, 0.2) is 6.23 Å². The molecule has 0 aliphatic carbocycles. The molecule has 0 bridgehead atoms. The molecule has 104 valence electrons. The molecule has 0 spiro atoms. The molecule has 0 radical (unpaired) electrons. The van der Waals surface area contributed by atoms with Gasteiger partial charge in [-0.3, -0.25) is 4.79 Å². The number of hydrogen-bond donors (Lipinski definition) is 0. The lowest BCUT2D eigenvalue weighted by atomic mass is 10.2. The number of rotatable bonds is 4. The molecular formula is C14H19NO4. The fourth-order valence-electron chi connectivity index (χ4n) is 2.45. The predicted molar refractivity (Wildman–Crippen MR) is 69.9 cm³/mol. The van der Waals surface area contributed by atoms with E-state index in [1.54, 1.807) is 38.4 Å². The van der Waals surface area contributed by atoms with E-state index in [0.717, 1.165) is 0 Å². The van der Waals surface area contributed by atoms with Gasteiger partial charge in [0.1, 0.15) is 12.2 Å². The normalized spacial score (nSPS) is 26.7. The van der Waals surface area contributed by atoms with E-state index in [-0.39, 0.29) is 18.1 Å². The second kappa shape index (κ2) is 6.14. The van der Waals surface area contributed by atoms with Crippen molar-refractivity contribution in [1.29, 1.82) is 0 Å². The highest BCUT2D eigenvalue weighted by molar-refractivity contribution is 5.94. The second-order valence-electron chi connectivity index (χ2n) is 4.42. The lowest BCUT2D eigenvalue weighted by Crippen LogP contribution is -2.41. The average molecular weight is 265 g/mol. The van der Waals surface area contributed by atoms with Crippen LogP contribution in [0.2, 0.25) is 0 Å². The summed E-state index contributed by atoms with van der Waals surface area (Å²) in [5.74, 6) is -0.0750. The Bertz CT molecular complexity index is 423. The molecule has 19 heavy (non-hydrogen) atoms. The van der Waals surface area contributed by atoms with Crippen molar-refractivity contribution in [3.63, 3.8) is 0 Å². The average Bonchev–Trinajstić information content (AvgIpc) is 2.84. The van der Waals surface area contributed by atoms with Crippen LogP contribution >= 0.6 is 0 Å². The van der Waals surface area contributed by atoms with Crippen molar-refractivity contribution in [1.82, 2.24) is 4.90 Å². The summed E-state index contributed by atoms with van der Waals surface area (Å²) in [5.41, 5.74) is 0.635. The Hall–Kier alpha value is -1.43. The minimum absolute atomic E-state index is 0.0750. The van der Waals surface area contributed by atoms with Crippen LogP contribution in [0.1, 0.15) is 10.4 Å². The maximum absolute atomic E-state index is 12.5. The zero-order valence-corrected chi connectivity index (χ0v) is 11.4. The first kappa shape index (κ1) is 14.0. The highest BCUT2D eigenvalue weighted by Gasteiger charge is 2.45. The van der Waals surface area contributed by atoms with E-state index in [9.17, 15) is 4.79 Å². The summed E-state index contributed by atoms with van der Waals surface area (Å²) in [6, 6.07) is 9.14. The van der Waals surface area contributed by atoms with Crippen LogP contribution in [0, 0.1) is 0 Å². The number of nitrogens with zero attached hydrogens (tertiary/aromatic N) is 1. The summed E-state index contributed by atoms with van der Waals surface area (Å²) in [6.45, 7) is 0.460. The summed E-state index contributed by atoms with van der Waals surface area (Å²) in [6.07, 6.45) is -0.882. The van der Waals surface area contributed by atoms with E-state index in [2.05, 4.69) is 0 Å². The van der Waals surface area contributed by atoms with E-state index < -0.39 is 6.23 Å². The third-order valence-corrected chi connectivity index (χ3v) is 3.43. The number of benzene rings is 1. The van der Waals surface area contributed by atoms with Gasteiger partial charge in [0.2, 0.25) is 0 Å². The highest BCUT2D eigenvalue weighted by atomic mass is 16.6. The first-order chi connectivity index (χ1) is 9.22. The molecule has 1 saturated heterocycles. The van der Waals surface area contributed by atoms with Gasteiger partial charge < -0.3 is 19.1 Å². The second-order valence-corrected chi connectivity index (χ2v) is 4.42. The van der Waals surface area contributed by atoms with Gasteiger partial charge >= 0.3 is 0 Å². The minimum atomic E-state index is -0.428. The maximum atomic E-state index is 12.5. The van der Waals surface area contributed by atoms with Crippen molar-refractivity contribution in [2.45, 2.75) is 18.4 Å². The van der Waals surface area contributed by atoms with Crippen LogP contribution in [0.15, 0.2) is 30.3 Å². The van der Waals surface area contributed by atoms with Crippen LogP contribution in [0.25, 0.3) is 0 Å². The summed E-state index contributed by atoms with van der Waals surface area (Å²) in [5, 5.41) is 0. The van der Waals surface area contributed by atoms with Crippen LogP contribution < -0.4 is 0 Å². The molecule has 2 rings (SSSR count). The van der Waals surface area contributed by atoms with Gasteiger partial charge in [-0.15, -0.1) is 0 Å². The summed E-state index contributed by atoms with van der Waals surface area (Å²) >= 11 is 0. The first-order valence-electron chi connectivity index (χ1n) is 6.17. The molecule has 5 nitrogen and oxygen atoms in total. The van der Waals surface area contributed by atoms with Crippen molar-refractivity contribution < 1.29 is 19.0 Å². The molecule has 0 saturated carbocycles. The van der Waals surface area contributed by atoms with Gasteiger partial charge in [-0.05, 0) is 12.1 Å². The largest absolute Gasteiger partial charge is 0.377 e. The van der Waals surface area contributed by atoms with Crippen LogP contribution in [-0.4, -0.2) is 57.1 Å². The Morgan fingerprint density at radius 1 is 1.11 bits per heavy atom. The Morgan fingerprint density at radius 2 is 1.79 bits per heavy atom. The molecule has 0 aromatic heterocycles. The SMILES string of the molecule is COC1[C@H](OC)[C@@H](OC)CN1C(=O)c1ccccc1. The monoisotopic (exact) mass is 265 g/mol. The van der Waals surface area contributed by atoms with Crippen molar-refractivity contribution in [3.05, 3.63) is 35.9 Å². The lowest BCUT2D eigenvalue weighted by Gasteiger charge is -2.25. The van der Waals surface area contributed by atoms with Crippen LogP contribution in [-0.2, 0) is 14.2 Å². The number of carbonyl (C=O) groups excluding carboxylic acids is 1. The summed E-state index contributed by atoms with van der Waals surface area (Å²) in [7, 11) is 4.78. The van der Waals surface area contributed by atoms with E-state index in [4.69, 9.17) is 14.2 Å². The zero-order chi connectivity index (χ0) is 13.8. The van der Waals surface area contributed by atoms with Crippen LogP contribution in [0.3, 0.4) is 0 Å². The Labute approximate surface area is 113 Å². The topological polar surface area (TPSA) is 48.0 Å². The molecule has 1 aliphatic rings. The minimum Gasteiger partial charge on any atom is -0.377 e. The van der Waals surface area contributed by atoms with Crippen molar-refractivity contribution >= 4 is 5.91 Å². The van der Waals surface area contributed by atoms with Crippen LogP contribution in [0.5, 0.6) is 0 Å². The molecule has 0 N–H and O–H groups in total. The highest BCUT2D eigenvalue weighted by Crippen LogP contribution is 2.25. The smallest absolute Gasteiger partial charge is 0.256 e. The molecule has 1 aliphatic heterocycles. The van der Waals surface area contributed by atoms with E-state index >= 15 is 0 Å². The van der Waals surface area contributed by atoms with Crippen LogP contribution in [0.4, 0.5) is 0 Å². The fraction of sp³-hybridized carbons (Fsp3) is 0.500. The standard InChI is InChI=1S/C14H19NO4/c1-17-11-9-15(14(19-3)12(11)18-2)13(16)10-7-5-4-6-8-10/h4-8,11-12,14H,9H2,1-3H3/t11-,12+,14?/m0/s1. The number of likely N-dealkylation sites (tertiary alicyclic amines) is 1. The summed E-state index contributed by atoms with van der Waals surface area (Å²) < 4.78 is 16.2. The van der Waals surface area contributed by atoms with Gasteiger partial charge in [-0.25, -0.2) is 0 Å². The van der Waals surface area contributed by atoms with E-state index in [0.29, 0.717) is 12.1 Å². The van der Waals surface area contributed by atoms with Gasteiger partial charge in [-0.1, -0.05) is 18.2 Å². The van der Waals surface area contributed by atoms with Gasteiger partial charge in [0, 0.05) is 26.9 Å². The third kappa shape index (κ3) is 2.63. The van der Waals surface area contributed by atoms with E-state index in [1.165, 1.54) is 0 Å². The Morgan fingerprint density at radius 3 is 2.32 bits per heavy atom. The Balaban J connectivity index is 2.22. The molecule has 1 aromatic carbocycles. The number of ether oxygens (including phenoxy) is 3. The quantitative estimate of drug-likeness (QED) is 0.819. The van der Waals surface area contributed by atoms with Gasteiger partial charge in [-0.2, -0.15) is 0 Å². The molecule has 1 fully saturated rings. The molecular weight excluding hydrogens is 246 g/mol. The van der Waals surface area contributed by atoms with Gasteiger partial charge in [0.25, 0.3) is 5.91 Å². The molecule has 1 unspecified atom stereocenters. The predicted octanol–water partition coefficient (Wildman–Crippen LogP) is 1.14. The number of amides is 1. The third-order valence-electron chi connectivity index (χ3n) is 3.43. The molecule has 3 atom stereocenters. The lowest BCUT2D eigenvalue weighted by molar-refractivity contribution is -0.0933. The molecule has 1 amide bonds. The molecule has 1 aromatic rings. The molecule has 1 heterocycles. The van der Waals surface area contributed by atoms with Crippen molar-refractivity contribution in [2.24, 2.45) is 0 Å². The van der Waals surface area contributed by atoms with E-state index in [1.807, 2.05) is 18.2 Å². The maximum Gasteiger partial charge on any atom is 0.256 e. The number of methoxy groups -OCH3 is 3. The molecule has 5 heteroatoms. The number of carbonyl (C=O) groups is 1. The Kier molecular flexibility index (Phi) is 4.52. The zero-order valence-electron chi connectivity index (χ0n) is 11.4. The number of hydrogen-bond acceptors (Lipinski definition) is 4. The van der Waals surface area contributed by atoms with Crippen molar-refractivity contribution in [2.75, 3.05) is 27.9 Å². The summed E-state index contributed by atoms with van der Waals surface area (Å²) in [4.78, 5) is 14.1. The first-order valence-corrected chi connectivity index (χ1v) is 6.17. The van der Waals surface area contributed by atoms with Gasteiger partial charge in [0.05, 0.1) is 6.54 Å². The fourth-order valence-corrected chi connectivity index (χ4v) is 2.45.